The van der Waals surface area contributed by atoms with E-state index in [2.05, 4.69) is 22.2 Å². The number of hydrogen-bond acceptors (Lipinski definition) is 3. The van der Waals surface area contributed by atoms with Crippen LogP contribution in [0.25, 0.3) is 0 Å². The van der Waals surface area contributed by atoms with Gasteiger partial charge in [0.15, 0.2) is 12.6 Å². The van der Waals surface area contributed by atoms with E-state index in [4.69, 9.17) is 10.5 Å². The Balaban J connectivity index is 2.52. The van der Waals surface area contributed by atoms with E-state index in [1.807, 2.05) is 18.2 Å². The number of amides is 1. The molecule has 1 rings (SSSR count). The molecule has 0 aromatic heterocycles. The Bertz CT molecular complexity index is 486. The second-order valence-corrected chi connectivity index (χ2v) is 4.00. The van der Waals surface area contributed by atoms with Crippen LogP contribution < -0.4 is 21.1 Å². The van der Waals surface area contributed by atoms with E-state index in [1.165, 1.54) is 0 Å². The van der Waals surface area contributed by atoms with Crippen LogP contribution in [0.4, 0.5) is 0 Å². The van der Waals surface area contributed by atoms with Gasteiger partial charge in [0.2, 0.25) is 0 Å². The maximum absolute atomic E-state index is 10.7. The molecule has 1 aromatic carbocycles. The largest absolute Gasteiger partial charge is 0.484 e. The highest BCUT2D eigenvalue weighted by molar-refractivity contribution is 5.79. The number of carbonyl (C=O) groups is 1. The lowest BCUT2D eigenvalue weighted by atomic mass is 10.2. The van der Waals surface area contributed by atoms with Crippen molar-refractivity contribution in [1.29, 1.82) is 0 Å². The van der Waals surface area contributed by atoms with E-state index in [0.717, 1.165) is 5.56 Å². The average molecular weight is 276 g/mol. The monoisotopic (exact) mass is 276 g/mol. The number of ether oxygens (including phenoxy) is 1. The zero-order valence-electron chi connectivity index (χ0n) is 11.6. The molecule has 6 heteroatoms. The molecule has 6 nitrogen and oxygen atoms in total. The molecule has 0 aliphatic carbocycles. The highest BCUT2D eigenvalue weighted by atomic mass is 16.5. The maximum atomic E-state index is 10.7. The van der Waals surface area contributed by atoms with Crippen molar-refractivity contribution in [3.63, 3.8) is 0 Å². The Kier molecular flexibility index (Phi) is 6.67. The molecule has 1 aromatic rings. The van der Waals surface area contributed by atoms with E-state index in [9.17, 15) is 4.79 Å². The van der Waals surface area contributed by atoms with Gasteiger partial charge in [-0.2, -0.15) is 0 Å². The summed E-state index contributed by atoms with van der Waals surface area (Å²) in [5, 5.41) is 6.23. The third-order valence-corrected chi connectivity index (χ3v) is 2.38. The number of primary amides is 1. The van der Waals surface area contributed by atoms with Crippen LogP contribution in [0.3, 0.4) is 0 Å². The Morgan fingerprint density at radius 1 is 1.50 bits per heavy atom. The van der Waals surface area contributed by atoms with Crippen LogP contribution in [0.5, 0.6) is 5.75 Å². The molecule has 0 unspecified atom stereocenters. The van der Waals surface area contributed by atoms with Crippen molar-refractivity contribution in [3.05, 3.63) is 42.5 Å². The lowest BCUT2D eigenvalue weighted by Crippen LogP contribution is -2.36. The quantitative estimate of drug-likeness (QED) is 0.382. The molecule has 0 radical (unpaired) electrons. The number of guanidine groups is 1. The van der Waals surface area contributed by atoms with E-state index in [1.54, 1.807) is 19.2 Å². The minimum atomic E-state index is -0.498. The summed E-state index contributed by atoms with van der Waals surface area (Å²) in [6.07, 6.45) is 1.76. The van der Waals surface area contributed by atoms with Crippen molar-refractivity contribution in [2.75, 3.05) is 20.2 Å². The van der Waals surface area contributed by atoms with Crippen LogP contribution in [0.2, 0.25) is 0 Å². The summed E-state index contributed by atoms with van der Waals surface area (Å²) >= 11 is 0. The predicted octanol–water partition coefficient (Wildman–Crippen LogP) is 0.402. The van der Waals surface area contributed by atoms with Crippen LogP contribution in [-0.4, -0.2) is 32.1 Å². The van der Waals surface area contributed by atoms with E-state index in [-0.39, 0.29) is 6.61 Å². The van der Waals surface area contributed by atoms with Crippen molar-refractivity contribution in [2.24, 2.45) is 10.7 Å². The van der Waals surface area contributed by atoms with Gasteiger partial charge in [-0.05, 0) is 17.7 Å². The van der Waals surface area contributed by atoms with Crippen molar-refractivity contribution in [2.45, 2.75) is 6.54 Å². The van der Waals surface area contributed by atoms with Crippen LogP contribution in [0.1, 0.15) is 5.56 Å². The zero-order valence-corrected chi connectivity index (χ0v) is 11.6. The molecule has 0 bridgehead atoms. The third-order valence-electron chi connectivity index (χ3n) is 2.38. The molecule has 4 N–H and O–H groups in total. The summed E-state index contributed by atoms with van der Waals surface area (Å²) in [6.45, 7) is 4.73. The fraction of sp³-hybridized carbons (Fsp3) is 0.286. The summed E-state index contributed by atoms with van der Waals surface area (Å²) in [5.74, 6) is 0.799. The normalized spacial score (nSPS) is 10.8. The minimum absolute atomic E-state index is 0.126. The first-order valence-electron chi connectivity index (χ1n) is 6.21. The van der Waals surface area contributed by atoms with Crippen LogP contribution in [0.15, 0.2) is 41.9 Å². The van der Waals surface area contributed by atoms with E-state index in [0.29, 0.717) is 24.8 Å². The van der Waals surface area contributed by atoms with Gasteiger partial charge in [-0.1, -0.05) is 18.2 Å². The molecule has 1 amide bonds. The van der Waals surface area contributed by atoms with E-state index < -0.39 is 5.91 Å². The van der Waals surface area contributed by atoms with Gasteiger partial charge in [-0.3, -0.25) is 9.79 Å². The lowest BCUT2D eigenvalue weighted by molar-refractivity contribution is -0.119. The molecular formula is C14H20N4O2. The van der Waals surface area contributed by atoms with Gasteiger partial charge >= 0.3 is 0 Å². The summed E-state index contributed by atoms with van der Waals surface area (Å²) in [4.78, 5) is 14.7. The highest BCUT2D eigenvalue weighted by Gasteiger charge is 2.01. The maximum Gasteiger partial charge on any atom is 0.255 e. The number of hydrogen-bond donors (Lipinski definition) is 3. The van der Waals surface area contributed by atoms with Crippen molar-refractivity contribution >= 4 is 11.9 Å². The van der Waals surface area contributed by atoms with Gasteiger partial charge in [0.05, 0.1) is 0 Å². The fourth-order valence-corrected chi connectivity index (χ4v) is 1.47. The number of carbonyl (C=O) groups excluding carboxylic acids is 1. The van der Waals surface area contributed by atoms with Crippen molar-refractivity contribution in [1.82, 2.24) is 10.6 Å². The highest BCUT2D eigenvalue weighted by Crippen LogP contribution is 2.12. The smallest absolute Gasteiger partial charge is 0.255 e. The number of benzene rings is 1. The number of nitrogens with two attached hydrogens (primary N) is 1. The average Bonchev–Trinajstić information content (AvgIpc) is 2.46. The zero-order chi connectivity index (χ0) is 14.8. The molecule has 0 aliphatic rings. The summed E-state index contributed by atoms with van der Waals surface area (Å²) in [7, 11) is 1.70. The third kappa shape index (κ3) is 5.90. The van der Waals surface area contributed by atoms with E-state index >= 15 is 0 Å². The molecule has 0 saturated carbocycles. The van der Waals surface area contributed by atoms with Crippen molar-refractivity contribution < 1.29 is 9.53 Å². The first kappa shape index (κ1) is 15.6. The summed E-state index contributed by atoms with van der Waals surface area (Å²) < 4.78 is 5.24. The number of nitrogens with zero attached hydrogens (tertiary/aromatic N) is 1. The van der Waals surface area contributed by atoms with Crippen LogP contribution in [-0.2, 0) is 11.3 Å². The number of rotatable bonds is 7. The molecule has 0 atom stereocenters. The topological polar surface area (TPSA) is 88.7 Å². The Labute approximate surface area is 118 Å². The standard InChI is InChI=1S/C14H20N4O2/c1-3-7-17-14(16-2)18-9-11-5-4-6-12(8-11)20-10-13(15)19/h3-6,8H,1,7,9-10H2,2H3,(H2,15,19)(H2,16,17,18). The first-order chi connectivity index (χ1) is 9.65. The molecule has 20 heavy (non-hydrogen) atoms. The molecule has 0 spiro atoms. The number of nitrogens with one attached hydrogen (secondary N) is 2. The second-order valence-electron chi connectivity index (χ2n) is 4.00. The van der Waals surface area contributed by atoms with Gasteiger partial charge in [0.1, 0.15) is 5.75 Å². The molecule has 0 aliphatic heterocycles. The molecule has 0 fully saturated rings. The Morgan fingerprint density at radius 3 is 2.95 bits per heavy atom. The Morgan fingerprint density at radius 2 is 2.30 bits per heavy atom. The fourth-order valence-electron chi connectivity index (χ4n) is 1.47. The van der Waals surface area contributed by atoms with Gasteiger partial charge in [0.25, 0.3) is 5.91 Å². The van der Waals surface area contributed by atoms with Crippen LogP contribution >= 0.6 is 0 Å². The predicted molar refractivity (Wildman–Crippen MR) is 79.5 cm³/mol. The number of aliphatic imine (C=N–C) groups is 1. The minimum Gasteiger partial charge on any atom is -0.484 e. The summed E-state index contributed by atoms with van der Waals surface area (Å²) in [5.41, 5.74) is 6.04. The second kappa shape index (κ2) is 8.58. The molecule has 0 saturated heterocycles. The van der Waals surface area contributed by atoms with Gasteiger partial charge < -0.3 is 21.1 Å². The Hall–Kier alpha value is -2.50. The molecular weight excluding hydrogens is 256 g/mol. The van der Waals surface area contributed by atoms with Gasteiger partial charge in [-0.15, -0.1) is 6.58 Å². The summed E-state index contributed by atoms with van der Waals surface area (Å²) in [6, 6.07) is 7.42. The lowest BCUT2D eigenvalue weighted by Gasteiger charge is -2.11. The first-order valence-corrected chi connectivity index (χ1v) is 6.21. The van der Waals surface area contributed by atoms with Gasteiger partial charge in [0, 0.05) is 20.1 Å². The molecule has 108 valence electrons. The molecule has 0 heterocycles. The van der Waals surface area contributed by atoms with Crippen molar-refractivity contribution in [3.8, 4) is 5.75 Å². The SMILES string of the molecule is C=CCNC(=NC)NCc1cccc(OCC(N)=O)c1. The van der Waals surface area contributed by atoms with Crippen LogP contribution in [0, 0.1) is 0 Å². The van der Waals surface area contributed by atoms with Gasteiger partial charge in [-0.25, -0.2) is 0 Å².